The van der Waals surface area contributed by atoms with Gasteiger partial charge in [0.1, 0.15) is 0 Å². The van der Waals surface area contributed by atoms with Gasteiger partial charge in [0.15, 0.2) is 0 Å². The van der Waals surface area contributed by atoms with Gasteiger partial charge in [-0.15, -0.1) is 0 Å². The fourth-order valence-corrected chi connectivity index (χ4v) is 2.42. The number of ether oxygens (including phenoxy) is 2. The average Bonchev–Trinajstić information content (AvgIpc) is 2.53. The fraction of sp³-hybridized carbons (Fsp3) is 0.833. The molecule has 1 rings (SSSR count). The molecule has 1 atom stereocenters. The highest BCUT2D eigenvalue weighted by Crippen LogP contribution is 2.22. The van der Waals surface area contributed by atoms with Crippen molar-refractivity contribution < 1.29 is 29.0 Å². The second-order valence-corrected chi connectivity index (χ2v) is 6.62. The van der Waals surface area contributed by atoms with Crippen LogP contribution in [-0.2, 0) is 19.1 Å². The molecule has 0 spiro atoms. The zero-order valence-corrected chi connectivity index (χ0v) is 15.9. The molecule has 25 heavy (non-hydrogen) atoms. The summed E-state index contributed by atoms with van der Waals surface area (Å²) in [6.45, 7) is 7.21. The SMILES string of the molecule is CC(=O)O.CCCC(OC(=O)NCC1CCCCC1)OC(=O)C(C)C. The lowest BCUT2D eigenvalue weighted by molar-refractivity contribution is -0.172. The number of rotatable bonds is 7. The number of alkyl carbamates (subject to hydrolysis) is 1. The number of carbonyl (C=O) groups excluding carboxylic acids is 2. The molecule has 0 saturated heterocycles. The molecule has 1 unspecified atom stereocenters. The van der Waals surface area contributed by atoms with Crippen molar-refractivity contribution in [2.75, 3.05) is 6.54 Å². The molecule has 7 heteroatoms. The Balaban J connectivity index is 0.00000129. The first-order valence-corrected chi connectivity index (χ1v) is 9.10. The summed E-state index contributed by atoms with van der Waals surface area (Å²) in [5.41, 5.74) is 0. The molecule has 0 aromatic carbocycles. The van der Waals surface area contributed by atoms with Crippen molar-refractivity contribution in [3.8, 4) is 0 Å². The highest BCUT2D eigenvalue weighted by Gasteiger charge is 2.21. The molecule has 0 radical (unpaired) electrons. The van der Waals surface area contributed by atoms with Crippen LogP contribution in [0.15, 0.2) is 0 Å². The van der Waals surface area contributed by atoms with E-state index in [2.05, 4.69) is 5.32 Å². The Kier molecular flexibility index (Phi) is 12.5. The van der Waals surface area contributed by atoms with Crippen LogP contribution in [0.2, 0.25) is 0 Å². The standard InChI is InChI=1S/C16H29NO4.C2H4O2/c1-4-8-14(20-15(18)12(2)3)21-16(19)17-11-13-9-6-5-7-10-13;1-2(3)4/h12-14H,4-11H2,1-3H3,(H,17,19);1H3,(H,3,4). The monoisotopic (exact) mass is 359 g/mol. The number of hydrogen-bond donors (Lipinski definition) is 2. The molecular formula is C18H33NO6. The number of esters is 1. The molecule has 1 fully saturated rings. The summed E-state index contributed by atoms with van der Waals surface area (Å²) in [6.07, 6.45) is 6.15. The molecular weight excluding hydrogens is 326 g/mol. The van der Waals surface area contributed by atoms with Crippen LogP contribution in [0.4, 0.5) is 4.79 Å². The first-order chi connectivity index (χ1) is 11.8. The summed E-state index contributed by atoms with van der Waals surface area (Å²) in [7, 11) is 0. The third-order valence-corrected chi connectivity index (χ3v) is 3.74. The predicted octanol–water partition coefficient (Wildman–Crippen LogP) is 3.71. The Hall–Kier alpha value is -1.79. The van der Waals surface area contributed by atoms with Gasteiger partial charge in [0, 0.05) is 19.9 Å². The molecule has 1 aliphatic carbocycles. The predicted molar refractivity (Wildman–Crippen MR) is 94.0 cm³/mol. The Bertz CT molecular complexity index is 400. The lowest BCUT2D eigenvalue weighted by Crippen LogP contribution is -2.35. The molecule has 0 aromatic heterocycles. The molecule has 0 aromatic rings. The molecule has 2 N–H and O–H groups in total. The van der Waals surface area contributed by atoms with Crippen LogP contribution in [0.25, 0.3) is 0 Å². The van der Waals surface area contributed by atoms with Gasteiger partial charge in [0.25, 0.3) is 5.97 Å². The number of carboxylic acids is 1. The summed E-state index contributed by atoms with van der Waals surface area (Å²) in [5.74, 6) is -0.846. The van der Waals surface area contributed by atoms with E-state index in [4.69, 9.17) is 19.4 Å². The molecule has 1 saturated carbocycles. The Labute approximate surface area is 150 Å². The van der Waals surface area contributed by atoms with E-state index in [1.165, 1.54) is 32.1 Å². The lowest BCUT2D eigenvalue weighted by atomic mass is 9.89. The number of amides is 1. The van der Waals surface area contributed by atoms with Crippen molar-refractivity contribution >= 4 is 18.0 Å². The topological polar surface area (TPSA) is 102 Å². The van der Waals surface area contributed by atoms with E-state index < -0.39 is 18.4 Å². The third kappa shape index (κ3) is 13.2. The van der Waals surface area contributed by atoms with Gasteiger partial charge in [-0.2, -0.15) is 0 Å². The van der Waals surface area contributed by atoms with E-state index in [0.717, 1.165) is 13.3 Å². The minimum Gasteiger partial charge on any atom is -0.481 e. The van der Waals surface area contributed by atoms with E-state index in [1.54, 1.807) is 13.8 Å². The van der Waals surface area contributed by atoms with E-state index in [0.29, 0.717) is 18.9 Å². The molecule has 0 aliphatic heterocycles. The van der Waals surface area contributed by atoms with Gasteiger partial charge in [0.05, 0.1) is 5.92 Å². The van der Waals surface area contributed by atoms with Crippen molar-refractivity contribution in [1.29, 1.82) is 0 Å². The normalized spacial score (nSPS) is 15.6. The van der Waals surface area contributed by atoms with Gasteiger partial charge in [-0.05, 0) is 25.2 Å². The fourth-order valence-electron chi connectivity index (χ4n) is 2.42. The van der Waals surface area contributed by atoms with Crippen LogP contribution in [0.5, 0.6) is 0 Å². The van der Waals surface area contributed by atoms with Gasteiger partial charge in [0.2, 0.25) is 6.29 Å². The van der Waals surface area contributed by atoms with Gasteiger partial charge in [-0.1, -0.05) is 40.0 Å². The van der Waals surface area contributed by atoms with Gasteiger partial charge in [-0.3, -0.25) is 9.59 Å². The number of nitrogens with one attached hydrogen (secondary N) is 1. The average molecular weight is 359 g/mol. The minimum absolute atomic E-state index is 0.224. The maximum atomic E-state index is 11.8. The Morgan fingerprint density at radius 3 is 2.16 bits per heavy atom. The van der Waals surface area contributed by atoms with Crippen LogP contribution in [0.1, 0.15) is 72.6 Å². The summed E-state index contributed by atoms with van der Waals surface area (Å²) >= 11 is 0. The van der Waals surface area contributed by atoms with E-state index in [-0.39, 0.29) is 11.9 Å². The van der Waals surface area contributed by atoms with Crippen molar-refractivity contribution in [3.05, 3.63) is 0 Å². The van der Waals surface area contributed by atoms with Gasteiger partial charge >= 0.3 is 12.1 Å². The molecule has 1 aliphatic rings. The van der Waals surface area contributed by atoms with Gasteiger partial charge in [-0.25, -0.2) is 4.79 Å². The largest absolute Gasteiger partial charge is 0.481 e. The van der Waals surface area contributed by atoms with Crippen LogP contribution >= 0.6 is 0 Å². The summed E-state index contributed by atoms with van der Waals surface area (Å²) < 4.78 is 10.4. The molecule has 1 amide bonds. The maximum Gasteiger partial charge on any atom is 0.410 e. The van der Waals surface area contributed by atoms with Crippen LogP contribution in [0, 0.1) is 11.8 Å². The minimum atomic E-state index is -0.833. The quantitative estimate of drug-likeness (QED) is 0.531. The summed E-state index contributed by atoms with van der Waals surface area (Å²) in [6, 6.07) is 0. The first-order valence-electron chi connectivity index (χ1n) is 9.10. The molecule has 0 heterocycles. The number of aliphatic carboxylic acids is 1. The highest BCUT2D eigenvalue weighted by molar-refractivity contribution is 5.72. The number of carboxylic acid groups (broad SMARTS) is 1. The van der Waals surface area contributed by atoms with Crippen LogP contribution in [0.3, 0.4) is 0 Å². The summed E-state index contributed by atoms with van der Waals surface area (Å²) in [5, 5.41) is 10.2. The molecule has 146 valence electrons. The second-order valence-electron chi connectivity index (χ2n) is 6.62. The second kappa shape index (κ2) is 13.5. The van der Waals surface area contributed by atoms with Crippen molar-refractivity contribution in [2.24, 2.45) is 11.8 Å². The van der Waals surface area contributed by atoms with Crippen molar-refractivity contribution in [2.45, 2.75) is 78.9 Å². The Morgan fingerprint density at radius 2 is 1.68 bits per heavy atom. The Morgan fingerprint density at radius 1 is 1.12 bits per heavy atom. The first kappa shape index (κ1) is 23.2. The number of hydrogen-bond acceptors (Lipinski definition) is 5. The van der Waals surface area contributed by atoms with Gasteiger partial charge < -0.3 is 19.9 Å². The number of carbonyl (C=O) groups is 3. The van der Waals surface area contributed by atoms with Crippen molar-refractivity contribution in [3.63, 3.8) is 0 Å². The zero-order chi connectivity index (χ0) is 19.2. The van der Waals surface area contributed by atoms with E-state index >= 15 is 0 Å². The smallest absolute Gasteiger partial charge is 0.410 e. The van der Waals surface area contributed by atoms with Crippen LogP contribution < -0.4 is 5.32 Å². The molecule has 0 bridgehead atoms. The maximum absolute atomic E-state index is 11.8. The van der Waals surface area contributed by atoms with E-state index in [9.17, 15) is 9.59 Å². The van der Waals surface area contributed by atoms with Crippen LogP contribution in [-0.4, -0.2) is 36.0 Å². The zero-order valence-electron chi connectivity index (χ0n) is 15.9. The van der Waals surface area contributed by atoms with Crippen molar-refractivity contribution in [1.82, 2.24) is 5.32 Å². The lowest BCUT2D eigenvalue weighted by Gasteiger charge is -2.23. The summed E-state index contributed by atoms with van der Waals surface area (Å²) in [4.78, 5) is 32.4. The third-order valence-electron chi connectivity index (χ3n) is 3.74. The highest BCUT2D eigenvalue weighted by atomic mass is 16.7. The van der Waals surface area contributed by atoms with E-state index in [1.807, 2.05) is 6.92 Å². The molecule has 7 nitrogen and oxygen atoms in total.